The van der Waals surface area contributed by atoms with Crippen LogP contribution in [0.1, 0.15) is 16.2 Å². The Morgan fingerprint density at radius 2 is 1.89 bits per heavy atom. The summed E-state index contributed by atoms with van der Waals surface area (Å²) in [6.07, 6.45) is -4.65. The van der Waals surface area contributed by atoms with Crippen LogP contribution in [0.2, 0.25) is 0 Å². The summed E-state index contributed by atoms with van der Waals surface area (Å²) in [4.78, 5) is 15.0. The van der Waals surface area contributed by atoms with E-state index in [9.17, 15) is 18.0 Å². The van der Waals surface area contributed by atoms with Crippen LogP contribution in [0, 0.1) is 0 Å². The van der Waals surface area contributed by atoms with Gasteiger partial charge < -0.3 is 0 Å². The minimum Gasteiger partial charge on any atom is -0.291 e. The first-order valence-corrected chi connectivity index (χ1v) is 5.22. The van der Waals surface area contributed by atoms with Crippen LogP contribution in [0.25, 0.3) is 0 Å². The van der Waals surface area contributed by atoms with Gasteiger partial charge in [0, 0.05) is 12.6 Å². The number of halogens is 3. The van der Waals surface area contributed by atoms with Gasteiger partial charge >= 0.3 is 6.18 Å². The Hall–Kier alpha value is -2.38. The summed E-state index contributed by atoms with van der Waals surface area (Å²) in [6, 6.07) is 8.09. The number of carbonyl (C=O) groups excluding carboxylic acids is 1. The molecule has 0 radical (unpaired) electrons. The normalized spacial score (nSPS) is 11.4. The second-order valence-electron chi connectivity index (χ2n) is 3.70. The van der Waals surface area contributed by atoms with Gasteiger partial charge in [-0.25, -0.2) is 4.68 Å². The number of alkyl halides is 3. The summed E-state index contributed by atoms with van der Waals surface area (Å²) in [5, 5.41) is 5.46. The third-order valence-corrected chi connectivity index (χ3v) is 2.28. The quantitative estimate of drug-likeness (QED) is 0.909. The van der Waals surface area contributed by atoms with Crippen molar-refractivity contribution in [1.82, 2.24) is 14.8 Å². The number of aryl methyl sites for hydroxylation is 1. The predicted molar refractivity (Wildman–Crippen MR) is 60.4 cm³/mol. The lowest BCUT2D eigenvalue weighted by Crippen LogP contribution is -2.15. The Balaban J connectivity index is 2.21. The third kappa shape index (κ3) is 2.90. The van der Waals surface area contributed by atoms with E-state index in [0.717, 1.165) is 4.68 Å². The SMILES string of the molecule is Cn1nc(C(F)(F)F)nc1NC(=O)c1ccccc1. The molecule has 0 spiro atoms. The van der Waals surface area contributed by atoms with Crippen LogP contribution in [0.3, 0.4) is 0 Å². The summed E-state index contributed by atoms with van der Waals surface area (Å²) < 4.78 is 38.0. The van der Waals surface area contributed by atoms with Crippen molar-refractivity contribution in [2.45, 2.75) is 6.18 Å². The minimum atomic E-state index is -4.65. The van der Waals surface area contributed by atoms with Gasteiger partial charge in [0.25, 0.3) is 11.7 Å². The van der Waals surface area contributed by atoms with E-state index < -0.39 is 17.9 Å². The summed E-state index contributed by atoms with van der Waals surface area (Å²) in [7, 11) is 1.27. The molecule has 0 aliphatic rings. The zero-order valence-electron chi connectivity index (χ0n) is 9.77. The molecule has 0 saturated heterocycles. The molecule has 0 bridgehead atoms. The van der Waals surface area contributed by atoms with Crippen molar-refractivity contribution in [1.29, 1.82) is 0 Å². The van der Waals surface area contributed by atoms with Crippen molar-refractivity contribution in [2.24, 2.45) is 7.05 Å². The minimum absolute atomic E-state index is 0.263. The second-order valence-corrected chi connectivity index (χ2v) is 3.70. The van der Waals surface area contributed by atoms with Gasteiger partial charge in [0.2, 0.25) is 5.95 Å². The zero-order chi connectivity index (χ0) is 14.0. The lowest BCUT2D eigenvalue weighted by molar-refractivity contribution is -0.144. The topological polar surface area (TPSA) is 59.8 Å². The first-order valence-electron chi connectivity index (χ1n) is 5.22. The highest BCUT2D eigenvalue weighted by atomic mass is 19.4. The van der Waals surface area contributed by atoms with Crippen molar-refractivity contribution in [3.05, 3.63) is 41.7 Å². The number of aromatic nitrogens is 3. The van der Waals surface area contributed by atoms with Gasteiger partial charge in [0.15, 0.2) is 0 Å². The van der Waals surface area contributed by atoms with E-state index in [1.807, 2.05) is 0 Å². The Morgan fingerprint density at radius 3 is 2.42 bits per heavy atom. The van der Waals surface area contributed by atoms with E-state index in [-0.39, 0.29) is 5.95 Å². The van der Waals surface area contributed by atoms with E-state index in [2.05, 4.69) is 15.4 Å². The predicted octanol–water partition coefficient (Wildman–Crippen LogP) is 2.09. The number of benzene rings is 1. The number of carbonyl (C=O) groups is 1. The van der Waals surface area contributed by atoms with Crippen LogP contribution in [0.5, 0.6) is 0 Å². The van der Waals surface area contributed by atoms with Crippen molar-refractivity contribution < 1.29 is 18.0 Å². The van der Waals surface area contributed by atoms with Crippen LogP contribution in [0.15, 0.2) is 30.3 Å². The Bertz CT molecular complexity index is 592. The fourth-order valence-corrected chi connectivity index (χ4v) is 1.38. The summed E-state index contributed by atoms with van der Waals surface area (Å²) in [5.74, 6) is -2.11. The molecule has 19 heavy (non-hydrogen) atoms. The average molecular weight is 270 g/mol. The number of amides is 1. The molecule has 5 nitrogen and oxygen atoms in total. The molecule has 1 aromatic carbocycles. The molecule has 1 N–H and O–H groups in total. The van der Waals surface area contributed by atoms with Gasteiger partial charge in [0.1, 0.15) is 0 Å². The van der Waals surface area contributed by atoms with E-state index >= 15 is 0 Å². The lowest BCUT2D eigenvalue weighted by Gasteiger charge is -2.02. The number of hydrogen-bond acceptors (Lipinski definition) is 3. The van der Waals surface area contributed by atoms with Gasteiger partial charge in [-0.2, -0.15) is 18.2 Å². The third-order valence-electron chi connectivity index (χ3n) is 2.28. The average Bonchev–Trinajstić information content (AvgIpc) is 2.72. The molecule has 1 amide bonds. The van der Waals surface area contributed by atoms with Crippen LogP contribution < -0.4 is 5.32 Å². The van der Waals surface area contributed by atoms with Crippen molar-refractivity contribution >= 4 is 11.9 Å². The number of nitrogens with zero attached hydrogens (tertiary/aromatic N) is 3. The molecule has 2 rings (SSSR count). The zero-order valence-corrected chi connectivity index (χ0v) is 9.77. The summed E-state index contributed by atoms with van der Waals surface area (Å²) in [6.45, 7) is 0. The molecular formula is C11H9F3N4O. The molecule has 8 heteroatoms. The van der Waals surface area contributed by atoms with Crippen molar-refractivity contribution in [3.63, 3.8) is 0 Å². The maximum absolute atomic E-state index is 12.4. The van der Waals surface area contributed by atoms with Gasteiger partial charge in [-0.3, -0.25) is 10.1 Å². The van der Waals surface area contributed by atoms with Gasteiger partial charge in [0.05, 0.1) is 0 Å². The van der Waals surface area contributed by atoms with E-state index in [1.165, 1.54) is 19.2 Å². The highest BCUT2D eigenvalue weighted by Crippen LogP contribution is 2.27. The largest absolute Gasteiger partial charge is 0.453 e. The first-order chi connectivity index (χ1) is 8.88. The van der Waals surface area contributed by atoms with Gasteiger partial charge in [-0.1, -0.05) is 18.2 Å². The molecule has 2 aromatic rings. The first kappa shape index (κ1) is 13.1. The monoisotopic (exact) mass is 270 g/mol. The fraction of sp³-hybridized carbons (Fsp3) is 0.182. The smallest absolute Gasteiger partial charge is 0.291 e. The Kier molecular flexibility index (Phi) is 3.24. The molecule has 0 aliphatic heterocycles. The molecule has 0 fully saturated rings. The summed E-state index contributed by atoms with van der Waals surface area (Å²) >= 11 is 0. The van der Waals surface area contributed by atoms with Gasteiger partial charge in [-0.15, -0.1) is 5.10 Å². The second kappa shape index (κ2) is 4.71. The standard InChI is InChI=1S/C11H9F3N4O/c1-18-10(16-9(17-18)11(12,13)14)15-8(19)7-5-3-2-4-6-7/h2-6H,1H3,(H,15,16,17,19). The highest BCUT2D eigenvalue weighted by molar-refractivity contribution is 6.03. The van der Waals surface area contributed by atoms with Crippen molar-refractivity contribution in [3.8, 4) is 0 Å². The molecule has 1 aromatic heterocycles. The maximum Gasteiger partial charge on any atom is 0.453 e. The maximum atomic E-state index is 12.4. The van der Waals surface area contributed by atoms with Crippen molar-refractivity contribution in [2.75, 3.05) is 5.32 Å². The number of rotatable bonds is 2. The molecule has 0 saturated carbocycles. The molecule has 100 valence electrons. The van der Waals surface area contributed by atoms with E-state index in [0.29, 0.717) is 5.56 Å². The number of anilines is 1. The lowest BCUT2D eigenvalue weighted by atomic mass is 10.2. The highest BCUT2D eigenvalue weighted by Gasteiger charge is 2.37. The molecular weight excluding hydrogens is 261 g/mol. The van der Waals surface area contributed by atoms with Crippen LogP contribution in [-0.2, 0) is 13.2 Å². The molecule has 0 unspecified atom stereocenters. The van der Waals surface area contributed by atoms with Crippen LogP contribution in [-0.4, -0.2) is 20.7 Å². The van der Waals surface area contributed by atoms with Crippen LogP contribution in [0.4, 0.5) is 19.1 Å². The van der Waals surface area contributed by atoms with Gasteiger partial charge in [-0.05, 0) is 12.1 Å². The van der Waals surface area contributed by atoms with Crippen LogP contribution >= 0.6 is 0 Å². The molecule has 0 aliphatic carbocycles. The molecule has 0 atom stereocenters. The molecule has 1 heterocycles. The van der Waals surface area contributed by atoms with E-state index in [4.69, 9.17) is 0 Å². The number of hydrogen-bond donors (Lipinski definition) is 1. The van der Waals surface area contributed by atoms with E-state index in [1.54, 1.807) is 18.2 Å². The Morgan fingerprint density at radius 1 is 1.26 bits per heavy atom. The Labute approximate surface area is 106 Å². The number of nitrogens with one attached hydrogen (secondary N) is 1. The summed E-state index contributed by atoms with van der Waals surface area (Å²) in [5.41, 5.74) is 0.319. The fourth-order valence-electron chi connectivity index (χ4n) is 1.38.